The summed E-state index contributed by atoms with van der Waals surface area (Å²) < 4.78 is 36.8. The standard InChI is InChI=1S/C14H18F3NO/c1-8-6-10(13(3,4)5)7-9(2)11(8)18-12(19)14(15,16)17/h6-7H,1-5H3,(H,18,19). The number of benzene rings is 1. The van der Waals surface area contributed by atoms with Gasteiger partial charge in [-0.15, -0.1) is 0 Å². The molecule has 1 N–H and O–H groups in total. The Morgan fingerprint density at radius 2 is 1.47 bits per heavy atom. The topological polar surface area (TPSA) is 29.1 Å². The molecule has 0 aliphatic heterocycles. The molecule has 0 aromatic heterocycles. The fraction of sp³-hybridized carbons (Fsp3) is 0.500. The molecule has 0 heterocycles. The van der Waals surface area contributed by atoms with Crippen molar-refractivity contribution in [2.75, 3.05) is 5.32 Å². The lowest BCUT2D eigenvalue weighted by Crippen LogP contribution is -2.30. The molecule has 0 bridgehead atoms. The van der Waals surface area contributed by atoms with Gasteiger partial charge in [0.1, 0.15) is 0 Å². The van der Waals surface area contributed by atoms with Crippen molar-refractivity contribution in [1.82, 2.24) is 0 Å². The molecule has 1 aromatic carbocycles. The van der Waals surface area contributed by atoms with Gasteiger partial charge in [0.2, 0.25) is 0 Å². The molecule has 106 valence electrons. The highest BCUT2D eigenvalue weighted by atomic mass is 19.4. The molecule has 0 atom stereocenters. The van der Waals surface area contributed by atoms with E-state index < -0.39 is 12.1 Å². The zero-order chi connectivity index (χ0) is 15.0. The molecular weight excluding hydrogens is 255 g/mol. The van der Waals surface area contributed by atoms with E-state index in [0.717, 1.165) is 5.56 Å². The van der Waals surface area contributed by atoms with Crippen LogP contribution in [-0.2, 0) is 10.2 Å². The monoisotopic (exact) mass is 273 g/mol. The van der Waals surface area contributed by atoms with Crippen molar-refractivity contribution in [2.45, 2.75) is 46.2 Å². The molecule has 0 radical (unpaired) electrons. The number of rotatable bonds is 1. The second-order valence-corrected chi connectivity index (χ2v) is 5.69. The van der Waals surface area contributed by atoms with Gasteiger partial charge >= 0.3 is 12.1 Å². The quantitative estimate of drug-likeness (QED) is 0.820. The second-order valence-electron chi connectivity index (χ2n) is 5.69. The molecule has 0 unspecified atom stereocenters. The van der Waals surface area contributed by atoms with Gasteiger partial charge < -0.3 is 5.32 Å². The third kappa shape index (κ3) is 3.72. The highest BCUT2D eigenvalue weighted by Gasteiger charge is 2.39. The van der Waals surface area contributed by atoms with Crippen LogP contribution in [0.1, 0.15) is 37.5 Å². The predicted octanol–water partition coefficient (Wildman–Crippen LogP) is 4.10. The highest BCUT2D eigenvalue weighted by molar-refractivity contribution is 5.96. The van der Waals surface area contributed by atoms with E-state index in [-0.39, 0.29) is 11.1 Å². The lowest BCUT2D eigenvalue weighted by Gasteiger charge is -2.22. The molecule has 0 spiro atoms. The van der Waals surface area contributed by atoms with Crippen LogP contribution in [-0.4, -0.2) is 12.1 Å². The zero-order valence-electron chi connectivity index (χ0n) is 11.7. The molecule has 0 aliphatic rings. The fourth-order valence-corrected chi connectivity index (χ4v) is 1.78. The minimum atomic E-state index is -4.87. The maximum atomic E-state index is 12.3. The third-order valence-electron chi connectivity index (χ3n) is 2.89. The maximum Gasteiger partial charge on any atom is 0.471 e. The van der Waals surface area contributed by atoms with E-state index in [1.165, 1.54) is 0 Å². The Hall–Kier alpha value is -1.52. The Labute approximate surface area is 111 Å². The van der Waals surface area contributed by atoms with E-state index in [0.29, 0.717) is 11.1 Å². The summed E-state index contributed by atoms with van der Waals surface area (Å²) in [5.41, 5.74) is 2.41. The van der Waals surface area contributed by atoms with E-state index in [1.807, 2.05) is 26.1 Å². The molecule has 0 saturated heterocycles. The van der Waals surface area contributed by atoms with Gasteiger partial charge in [-0.3, -0.25) is 4.79 Å². The van der Waals surface area contributed by atoms with Crippen molar-refractivity contribution in [1.29, 1.82) is 0 Å². The number of carbonyl (C=O) groups excluding carboxylic acids is 1. The number of halogens is 3. The Bertz CT molecular complexity index is 475. The van der Waals surface area contributed by atoms with Crippen LogP contribution in [0.5, 0.6) is 0 Å². The summed E-state index contributed by atoms with van der Waals surface area (Å²) >= 11 is 0. The highest BCUT2D eigenvalue weighted by Crippen LogP contribution is 2.30. The van der Waals surface area contributed by atoms with Crippen molar-refractivity contribution in [3.05, 3.63) is 28.8 Å². The van der Waals surface area contributed by atoms with Crippen LogP contribution in [0, 0.1) is 13.8 Å². The molecule has 19 heavy (non-hydrogen) atoms. The zero-order valence-corrected chi connectivity index (χ0v) is 11.7. The molecule has 0 saturated carbocycles. The van der Waals surface area contributed by atoms with Gasteiger partial charge in [-0.1, -0.05) is 32.9 Å². The summed E-state index contributed by atoms with van der Waals surface area (Å²) in [5, 5.41) is 1.93. The molecule has 1 amide bonds. The first kappa shape index (κ1) is 15.5. The first-order valence-electron chi connectivity index (χ1n) is 5.93. The average molecular weight is 273 g/mol. The second kappa shape index (κ2) is 4.87. The average Bonchev–Trinajstić information content (AvgIpc) is 2.19. The number of anilines is 1. The number of hydrogen-bond donors (Lipinski definition) is 1. The van der Waals surface area contributed by atoms with Crippen molar-refractivity contribution >= 4 is 11.6 Å². The number of amides is 1. The maximum absolute atomic E-state index is 12.3. The van der Waals surface area contributed by atoms with Crippen LogP contribution in [0.25, 0.3) is 0 Å². The SMILES string of the molecule is Cc1cc(C(C)(C)C)cc(C)c1NC(=O)C(F)(F)F. The normalized spacial score (nSPS) is 12.4. The summed E-state index contributed by atoms with van der Waals surface area (Å²) in [6, 6.07) is 3.61. The first-order chi connectivity index (χ1) is 8.43. The first-order valence-corrected chi connectivity index (χ1v) is 5.93. The van der Waals surface area contributed by atoms with Crippen molar-refractivity contribution < 1.29 is 18.0 Å². The summed E-state index contributed by atoms with van der Waals surface area (Å²) in [6.07, 6.45) is -4.87. The van der Waals surface area contributed by atoms with Gasteiger partial charge in [-0.25, -0.2) is 0 Å². The van der Waals surface area contributed by atoms with Crippen molar-refractivity contribution in [3.8, 4) is 0 Å². The number of aryl methyl sites for hydroxylation is 2. The summed E-state index contributed by atoms with van der Waals surface area (Å²) in [7, 11) is 0. The number of nitrogens with one attached hydrogen (secondary N) is 1. The largest absolute Gasteiger partial charge is 0.471 e. The van der Waals surface area contributed by atoms with Gasteiger partial charge in [0.15, 0.2) is 0 Å². The van der Waals surface area contributed by atoms with Crippen LogP contribution in [0.4, 0.5) is 18.9 Å². The van der Waals surface area contributed by atoms with Crippen LogP contribution < -0.4 is 5.32 Å². The molecule has 1 aromatic rings. The third-order valence-corrected chi connectivity index (χ3v) is 2.89. The molecular formula is C14H18F3NO. The summed E-state index contributed by atoms with van der Waals surface area (Å²) in [6.45, 7) is 9.45. The van der Waals surface area contributed by atoms with Crippen LogP contribution >= 0.6 is 0 Å². The van der Waals surface area contributed by atoms with Crippen molar-refractivity contribution in [2.24, 2.45) is 0 Å². The van der Waals surface area contributed by atoms with Crippen molar-refractivity contribution in [3.63, 3.8) is 0 Å². The van der Waals surface area contributed by atoms with Gasteiger partial charge in [0.25, 0.3) is 0 Å². The Morgan fingerprint density at radius 1 is 1.05 bits per heavy atom. The minimum Gasteiger partial charge on any atom is -0.318 e. The summed E-state index contributed by atoms with van der Waals surface area (Å²) in [4.78, 5) is 11.0. The van der Waals surface area contributed by atoms with Crippen LogP contribution in [0.15, 0.2) is 12.1 Å². The van der Waals surface area contributed by atoms with E-state index in [1.54, 1.807) is 26.0 Å². The number of alkyl halides is 3. The van der Waals surface area contributed by atoms with Gasteiger partial charge in [-0.2, -0.15) is 13.2 Å². The Balaban J connectivity index is 3.16. The van der Waals surface area contributed by atoms with E-state index in [4.69, 9.17) is 0 Å². The van der Waals surface area contributed by atoms with Gasteiger partial charge in [-0.05, 0) is 36.0 Å². The molecule has 1 rings (SSSR count). The molecule has 0 aliphatic carbocycles. The van der Waals surface area contributed by atoms with E-state index in [9.17, 15) is 18.0 Å². The number of carbonyl (C=O) groups is 1. The fourth-order valence-electron chi connectivity index (χ4n) is 1.78. The lowest BCUT2D eigenvalue weighted by atomic mass is 9.85. The predicted molar refractivity (Wildman–Crippen MR) is 69.3 cm³/mol. The lowest BCUT2D eigenvalue weighted by molar-refractivity contribution is -0.167. The van der Waals surface area contributed by atoms with Gasteiger partial charge in [0, 0.05) is 5.69 Å². The van der Waals surface area contributed by atoms with E-state index >= 15 is 0 Å². The Kier molecular flexibility index (Phi) is 3.98. The molecule has 0 fully saturated rings. The van der Waals surface area contributed by atoms with Gasteiger partial charge in [0.05, 0.1) is 0 Å². The van der Waals surface area contributed by atoms with Crippen LogP contribution in [0.2, 0.25) is 0 Å². The Morgan fingerprint density at radius 3 is 1.79 bits per heavy atom. The van der Waals surface area contributed by atoms with Crippen LogP contribution in [0.3, 0.4) is 0 Å². The number of hydrogen-bond acceptors (Lipinski definition) is 1. The molecule has 5 heteroatoms. The molecule has 2 nitrogen and oxygen atoms in total. The van der Waals surface area contributed by atoms with E-state index in [2.05, 4.69) is 0 Å². The smallest absolute Gasteiger partial charge is 0.318 e. The minimum absolute atomic E-state index is 0.0952. The summed E-state index contributed by atoms with van der Waals surface area (Å²) in [5.74, 6) is -1.94.